The van der Waals surface area contributed by atoms with E-state index in [1.54, 1.807) is 0 Å². The van der Waals surface area contributed by atoms with Gasteiger partial charge in [0.1, 0.15) is 0 Å². The number of hydrogen-bond donors (Lipinski definition) is 1. The summed E-state index contributed by atoms with van der Waals surface area (Å²) in [5.74, 6) is 0.160. The predicted octanol–water partition coefficient (Wildman–Crippen LogP) is 9.28. The fraction of sp³-hybridized carbons (Fsp3) is 0.0976. The van der Waals surface area contributed by atoms with Gasteiger partial charge in [-0.25, -0.2) is 0 Å². The van der Waals surface area contributed by atoms with Gasteiger partial charge in [0.15, 0.2) is 0 Å². The monoisotopic (exact) mass is 546 g/mol. The first-order chi connectivity index (χ1) is 21.3. The van der Waals surface area contributed by atoms with E-state index in [2.05, 4.69) is 139 Å². The molecule has 2 heteroatoms. The fourth-order valence-electron chi connectivity index (χ4n) is 9.01. The highest BCUT2D eigenvalue weighted by molar-refractivity contribution is 5.87. The predicted molar refractivity (Wildman–Crippen MR) is 170 cm³/mol. The van der Waals surface area contributed by atoms with E-state index in [4.69, 9.17) is 0 Å². The number of nitriles is 1. The first-order valence-corrected chi connectivity index (χ1v) is 15.2. The smallest absolute Gasteiger partial charge is 0.0998 e. The molecule has 0 atom stereocenters. The van der Waals surface area contributed by atoms with Crippen LogP contribution in [0.2, 0.25) is 0 Å². The average Bonchev–Trinajstić information content (AvgIpc) is 3.08. The molecule has 43 heavy (non-hydrogen) atoms. The van der Waals surface area contributed by atoms with Crippen LogP contribution in [0.3, 0.4) is 0 Å². The summed E-state index contributed by atoms with van der Waals surface area (Å²) >= 11 is 0. The number of rotatable bonds is 2. The average molecular weight is 547 g/mol. The zero-order valence-corrected chi connectivity index (χ0v) is 23.4. The highest BCUT2D eigenvalue weighted by atomic mass is 14.9. The van der Waals surface area contributed by atoms with Crippen molar-refractivity contribution in [2.45, 2.75) is 23.7 Å². The van der Waals surface area contributed by atoms with Crippen LogP contribution in [0.5, 0.6) is 0 Å². The number of benzene rings is 6. The van der Waals surface area contributed by atoms with Gasteiger partial charge in [-0.2, -0.15) is 5.26 Å². The van der Waals surface area contributed by atoms with Gasteiger partial charge in [-0.05, 0) is 78.9 Å². The Balaban J connectivity index is 1.39. The maximum atomic E-state index is 11.2. The number of anilines is 2. The van der Waals surface area contributed by atoms with E-state index in [9.17, 15) is 5.26 Å². The van der Waals surface area contributed by atoms with Gasteiger partial charge >= 0.3 is 0 Å². The molecule has 0 spiro atoms. The van der Waals surface area contributed by atoms with Crippen molar-refractivity contribution in [1.82, 2.24) is 0 Å². The molecule has 4 bridgehead atoms. The van der Waals surface area contributed by atoms with Crippen molar-refractivity contribution >= 4 is 11.4 Å². The van der Waals surface area contributed by atoms with Crippen LogP contribution >= 0.6 is 0 Å². The summed E-state index contributed by atoms with van der Waals surface area (Å²) in [6, 6.07) is 49.1. The lowest BCUT2D eigenvalue weighted by molar-refractivity contribution is 0.716. The fourth-order valence-corrected chi connectivity index (χ4v) is 9.01. The van der Waals surface area contributed by atoms with Crippen molar-refractivity contribution in [3.8, 4) is 6.07 Å². The van der Waals surface area contributed by atoms with Crippen molar-refractivity contribution in [3.05, 3.63) is 200 Å². The Morgan fingerprint density at radius 2 is 0.698 bits per heavy atom. The summed E-state index contributed by atoms with van der Waals surface area (Å²) in [6.45, 7) is 0. The molecular weight excluding hydrogens is 520 g/mol. The lowest BCUT2D eigenvalue weighted by atomic mass is 9.54. The second-order valence-corrected chi connectivity index (χ2v) is 12.3. The summed E-state index contributed by atoms with van der Waals surface area (Å²) in [5, 5.41) is 15.2. The van der Waals surface area contributed by atoms with E-state index < -0.39 is 0 Å². The molecule has 0 aromatic heterocycles. The molecule has 0 saturated heterocycles. The van der Waals surface area contributed by atoms with Gasteiger partial charge in [-0.15, -0.1) is 0 Å². The topological polar surface area (TPSA) is 35.8 Å². The quantitative estimate of drug-likeness (QED) is 0.235. The van der Waals surface area contributed by atoms with Crippen molar-refractivity contribution in [3.63, 3.8) is 0 Å². The Morgan fingerprint density at radius 1 is 0.395 bits per heavy atom. The molecule has 0 unspecified atom stereocenters. The summed E-state index contributed by atoms with van der Waals surface area (Å²) in [4.78, 5) is 0. The first-order valence-electron chi connectivity index (χ1n) is 15.2. The minimum absolute atomic E-state index is 0.0228. The number of nitrogens with one attached hydrogen (secondary N) is 1. The summed E-state index contributed by atoms with van der Waals surface area (Å²) in [5.41, 5.74) is 18.9. The zero-order valence-electron chi connectivity index (χ0n) is 23.4. The Kier molecular flexibility index (Phi) is 4.50. The van der Waals surface area contributed by atoms with E-state index in [-0.39, 0.29) is 23.7 Å². The van der Waals surface area contributed by atoms with E-state index in [1.165, 1.54) is 72.4 Å². The number of para-hydroxylation sites is 1. The number of hydrogen-bond acceptors (Lipinski definition) is 2. The molecule has 0 fully saturated rings. The first kappa shape index (κ1) is 23.2. The largest absolute Gasteiger partial charge is 0.355 e. The van der Waals surface area contributed by atoms with E-state index >= 15 is 0 Å². The van der Waals surface area contributed by atoms with Crippen LogP contribution in [0, 0.1) is 11.3 Å². The molecule has 6 aliphatic rings. The normalized spacial score (nSPS) is 20.5. The van der Waals surface area contributed by atoms with Crippen LogP contribution in [0.15, 0.2) is 127 Å². The van der Waals surface area contributed by atoms with Gasteiger partial charge in [0, 0.05) is 35.0 Å². The third-order valence-electron chi connectivity index (χ3n) is 10.4. The van der Waals surface area contributed by atoms with Crippen LogP contribution in [-0.4, -0.2) is 0 Å². The van der Waals surface area contributed by atoms with Crippen molar-refractivity contribution < 1.29 is 0 Å². The second kappa shape index (κ2) is 8.34. The minimum atomic E-state index is 0.0228. The second-order valence-electron chi connectivity index (χ2n) is 12.3. The Hall–Kier alpha value is -5.39. The zero-order chi connectivity index (χ0) is 28.2. The van der Waals surface area contributed by atoms with E-state index in [0.717, 1.165) is 11.3 Å². The molecule has 6 aliphatic carbocycles. The Bertz CT molecular complexity index is 1980. The van der Waals surface area contributed by atoms with Crippen LogP contribution in [0.25, 0.3) is 0 Å². The molecule has 0 radical (unpaired) electrons. The van der Waals surface area contributed by atoms with E-state index in [1.807, 2.05) is 0 Å². The Labute approximate surface area is 250 Å². The maximum Gasteiger partial charge on any atom is 0.0998 e. The standard InChI is InChI=1S/C41H26N2/c42-22-32-37-33-24-14-4-8-18-28(24)35(29-19-9-5-15-25(29)33)39(37)41(43-23-12-2-1-3-13-23)40-36-30-20-10-6-16-26(30)34(38(32)40)27-17-7-11-21-31(27)36/h1-21,33-36,43H. The van der Waals surface area contributed by atoms with Crippen LogP contribution in [0.1, 0.15) is 96.0 Å². The van der Waals surface area contributed by atoms with Crippen molar-refractivity contribution in [1.29, 1.82) is 5.26 Å². The molecule has 6 aromatic rings. The van der Waals surface area contributed by atoms with Gasteiger partial charge in [0.25, 0.3) is 0 Å². The molecular formula is C41H26N2. The van der Waals surface area contributed by atoms with Gasteiger partial charge in [-0.1, -0.05) is 115 Å². The molecule has 200 valence electrons. The van der Waals surface area contributed by atoms with Crippen molar-refractivity contribution in [2.75, 3.05) is 5.32 Å². The molecule has 0 heterocycles. The summed E-state index contributed by atoms with van der Waals surface area (Å²) in [7, 11) is 0. The molecule has 0 saturated carbocycles. The van der Waals surface area contributed by atoms with Crippen LogP contribution < -0.4 is 5.32 Å². The van der Waals surface area contributed by atoms with Crippen molar-refractivity contribution in [2.24, 2.45) is 0 Å². The third kappa shape index (κ3) is 2.82. The molecule has 2 nitrogen and oxygen atoms in total. The summed E-state index contributed by atoms with van der Waals surface area (Å²) in [6.07, 6.45) is 0. The molecule has 0 aliphatic heterocycles. The molecule has 12 rings (SSSR count). The SMILES string of the molecule is N#Cc1c2c(c(Nc3ccccc3)c3c1C1c4ccccc4C3c3ccccc31)C1c3ccccc3C2c2ccccc21. The Morgan fingerprint density at radius 3 is 1.02 bits per heavy atom. The minimum Gasteiger partial charge on any atom is -0.355 e. The number of nitrogens with zero attached hydrogens (tertiary/aromatic N) is 1. The third-order valence-corrected chi connectivity index (χ3v) is 10.4. The van der Waals surface area contributed by atoms with Gasteiger partial charge in [0.2, 0.25) is 0 Å². The summed E-state index contributed by atoms with van der Waals surface area (Å²) < 4.78 is 0. The van der Waals surface area contributed by atoms with E-state index in [0.29, 0.717) is 0 Å². The maximum absolute atomic E-state index is 11.2. The van der Waals surface area contributed by atoms with Gasteiger partial charge in [0.05, 0.1) is 11.6 Å². The van der Waals surface area contributed by atoms with Gasteiger partial charge in [-0.3, -0.25) is 0 Å². The molecule has 0 amide bonds. The lowest BCUT2D eigenvalue weighted by Crippen LogP contribution is -2.34. The highest BCUT2D eigenvalue weighted by Gasteiger charge is 2.50. The van der Waals surface area contributed by atoms with Crippen LogP contribution in [-0.2, 0) is 0 Å². The van der Waals surface area contributed by atoms with Gasteiger partial charge < -0.3 is 5.32 Å². The lowest BCUT2D eigenvalue weighted by Gasteiger charge is -2.49. The molecule has 6 aromatic carbocycles. The molecule has 1 N–H and O–H groups in total. The van der Waals surface area contributed by atoms with Crippen LogP contribution in [0.4, 0.5) is 11.4 Å². The highest BCUT2D eigenvalue weighted by Crippen LogP contribution is 2.65.